The molecular weight excluding hydrogens is 388 g/mol. The predicted molar refractivity (Wildman–Crippen MR) is 74.7 cm³/mol. The molecule has 0 aliphatic rings. The van der Waals surface area contributed by atoms with Crippen LogP contribution in [0.1, 0.15) is 5.82 Å². The molecule has 8 nitrogen and oxygen atoms in total. The molecule has 0 saturated heterocycles. The van der Waals surface area contributed by atoms with E-state index in [9.17, 15) is 31.1 Å². The molecule has 1 amide bonds. The van der Waals surface area contributed by atoms with E-state index >= 15 is 0 Å². The molecule has 0 saturated carbocycles. The Morgan fingerprint density at radius 2 is 1.74 bits per heavy atom. The number of alkyl halides is 6. The molecule has 0 aliphatic heterocycles. The minimum Gasteiger partial charge on any atom is -0.454 e. The monoisotopic (exact) mass is 397 g/mol. The molecule has 27 heavy (non-hydrogen) atoms. The van der Waals surface area contributed by atoms with Gasteiger partial charge in [0, 0.05) is 31.1 Å². The van der Waals surface area contributed by atoms with Crippen LogP contribution in [0, 0.1) is 0 Å². The zero-order valence-electron chi connectivity index (χ0n) is 13.2. The van der Waals surface area contributed by atoms with E-state index in [0.717, 1.165) is 18.5 Å². The van der Waals surface area contributed by atoms with E-state index in [2.05, 4.69) is 30.0 Å². The summed E-state index contributed by atoms with van der Waals surface area (Å²) in [6, 6.07) is 0.172. The van der Waals surface area contributed by atoms with E-state index in [1.165, 1.54) is 7.05 Å². The number of ether oxygens (including phenoxy) is 2. The largest absolute Gasteiger partial charge is 0.454 e. The topological polar surface area (TPSA) is 99.1 Å². The molecule has 0 unspecified atom stereocenters. The lowest BCUT2D eigenvalue weighted by Gasteiger charge is -2.11. The summed E-state index contributed by atoms with van der Waals surface area (Å²) in [7, 11) is 1.22. The van der Waals surface area contributed by atoms with Crippen molar-refractivity contribution in [1.29, 1.82) is 0 Å². The van der Waals surface area contributed by atoms with Crippen LogP contribution in [0.15, 0.2) is 18.5 Å². The average molecular weight is 397 g/mol. The number of nitrogens with zero attached hydrogens (tertiary/aromatic N) is 4. The maximum Gasteiger partial charge on any atom is 0.451 e. The van der Waals surface area contributed by atoms with Crippen molar-refractivity contribution in [2.24, 2.45) is 0 Å². The molecule has 146 valence electrons. The molecule has 2 aromatic rings. The van der Waals surface area contributed by atoms with Crippen LogP contribution < -0.4 is 14.8 Å². The van der Waals surface area contributed by atoms with Crippen molar-refractivity contribution < 1.29 is 40.6 Å². The average Bonchev–Trinajstić information content (AvgIpc) is 2.58. The quantitative estimate of drug-likeness (QED) is 0.792. The van der Waals surface area contributed by atoms with Gasteiger partial charge in [-0.2, -0.15) is 36.3 Å². The Morgan fingerprint density at radius 1 is 1.11 bits per heavy atom. The maximum atomic E-state index is 12.5. The fourth-order valence-corrected chi connectivity index (χ4v) is 1.57. The van der Waals surface area contributed by atoms with Crippen LogP contribution in [0.5, 0.6) is 11.9 Å². The molecule has 0 atom stereocenters. The minimum atomic E-state index is -4.78. The standard InChI is InChI=1S/C13H9F6N5O3/c1-20-11(25)27-8-2-7(23-10(24-8)26-5-12(14,15)16)6-3-21-9(22-4-6)13(17,18)19/h2-4H,5H2,1H3,(H,20,25). The smallest absolute Gasteiger partial charge is 0.451 e. The van der Waals surface area contributed by atoms with Crippen molar-refractivity contribution in [3.05, 3.63) is 24.3 Å². The lowest BCUT2D eigenvalue weighted by molar-refractivity contribution is -0.154. The number of carbonyl (C=O) groups is 1. The Balaban J connectivity index is 2.38. The second-order valence-corrected chi connectivity index (χ2v) is 4.71. The molecular formula is C13H9F6N5O3. The summed E-state index contributed by atoms with van der Waals surface area (Å²) >= 11 is 0. The molecule has 0 spiro atoms. The molecule has 14 heteroatoms. The van der Waals surface area contributed by atoms with E-state index in [1.54, 1.807) is 0 Å². The van der Waals surface area contributed by atoms with Gasteiger partial charge in [-0.1, -0.05) is 0 Å². The summed E-state index contributed by atoms with van der Waals surface area (Å²) in [5.41, 5.74) is -0.334. The lowest BCUT2D eigenvalue weighted by atomic mass is 10.2. The highest BCUT2D eigenvalue weighted by Crippen LogP contribution is 2.28. The van der Waals surface area contributed by atoms with Gasteiger partial charge in [0.05, 0.1) is 5.69 Å². The van der Waals surface area contributed by atoms with E-state index < -0.39 is 42.8 Å². The number of hydrogen-bond donors (Lipinski definition) is 1. The van der Waals surface area contributed by atoms with Crippen molar-refractivity contribution in [3.8, 4) is 23.1 Å². The Kier molecular flexibility index (Phi) is 5.66. The Bertz CT molecular complexity index is 810. The molecule has 0 radical (unpaired) electrons. The predicted octanol–water partition coefficient (Wildman–Crippen LogP) is 2.61. The number of carbonyl (C=O) groups excluding carboxylic acids is 1. The van der Waals surface area contributed by atoms with Crippen LogP contribution in [0.2, 0.25) is 0 Å². The van der Waals surface area contributed by atoms with Gasteiger partial charge >= 0.3 is 24.5 Å². The third kappa shape index (κ3) is 5.93. The van der Waals surface area contributed by atoms with E-state index in [1.807, 2.05) is 0 Å². The van der Waals surface area contributed by atoms with Gasteiger partial charge in [0.15, 0.2) is 6.61 Å². The molecule has 0 aliphatic carbocycles. The van der Waals surface area contributed by atoms with E-state index in [-0.39, 0.29) is 11.3 Å². The Morgan fingerprint density at radius 3 is 2.26 bits per heavy atom. The number of aromatic nitrogens is 4. The summed E-state index contributed by atoms with van der Waals surface area (Å²) in [5, 5.41) is 2.08. The summed E-state index contributed by atoms with van der Waals surface area (Å²) in [4.78, 5) is 24.6. The van der Waals surface area contributed by atoms with Crippen LogP contribution in [0.4, 0.5) is 31.1 Å². The number of hydrogen-bond acceptors (Lipinski definition) is 7. The van der Waals surface area contributed by atoms with Gasteiger partial charge in [-0.05, 0) is 0 Å². The normalized spacial score (nSPS) is 11.8. The van der Waals surface area contributed by atoms with Gasteiger partial charge in [0.1, 0.15) is 0 Å². The summed E-state index contributed by atoms with van der Waals surface area (Å²) < 4.78 is 83.4. The Hall–Kier alpha value is -3.19. The van der Waals surface area contributed by atoms with E-state index in [0.29, 0.717) is 0 Å². The lowest BCUT2D eigenvalue weighted by Crippen LogP contribution is -2.23. The SMILES string of the molecule is CNC(=O)Oc1cc(-c2cnc(C(F)(F)F)nc2)nc(OCC(F)(F)F)n1. The molecule has 0 fully saturated rings. The second kappa shape index (κ2) is 7.59. The third-order valence-electron chi connectivity index (χ3n) is 2.65. The van der Waals surface area contributed by atoms with Crippen LogP contribution in [0.25, 0.3) is 11.3 Å². The first-order valence-corrected chi connectivity index (χ1v) is 6.86. The van der Waals surface area contributed by atoms with Gasteiger partial charge < -0.3 is 14.8 Å². The Labute approximate surface area is 146 Å². The van der Waals surface area contributed by atoms with Crippen LogP contribution in [-0.2, 0) is 6.18 Å². The van der Waals surface area contributed by atoms with Gasteiger partial charge in [-0.25, -0.2) is 14.8 Å². The molecule has 2 rings (SSSR count). The van der Waals surface area contributed by atoms with E-state index in [4.69, 9.17) is 4.74 Å². The summed E-state index contributed by atoms with van der Waals surface area (Å²) in [6.45, 7) is -1.74. The number of nitrogens with one attached hydrogen (secondary N) is 1. The fraction of sp³-hybridized carbons (Fsp3) is 0.308. The molecule has 0 bridgehead atoms. The summed E-state index contributed by atoms with van der Waals surface area (Å²) in [6.07, 6.45) is -8.98. The van der Waals surface area contributed by atoms with Gasteiger partial charge in [-0.15, -0.1) is 0 Å². The highest BCUT2D eigenvalue weighted by atomic mass is 19.4. The summed E-state index contributed by atoms with van der Waals surface area (Å²) in [5.74, 6) is -1.92. The van der Waals surface area contributed by atoms with Crippen molar-refractivity contribution in [3.63, 3.8) is 0 Å². The molecule has 1 N–H and O–H groups in total. The first-order valence-electron chi connectivity index (χ1n) is 6.86. The molecule has 2 aromatic heterocycles. The highest BCUT2D eigenvalue weighted by Gasteiger charge is 2.34. The van der Waals surface area contributed by atoms with Crippen LogP contribution in [0.3, 0.4) is 0 Å². The van der Waals surface area contributed by atoms with Gasteiger partial charge in [0.25, 0.3) is 0 Å². The number of rotatable bonds is 4. The van der Waals surface area contributed by atoms with Crippen molar-refractivity contribution in [1.82, 2.24) is 25.3 Å². The number of halogens is 6. The first-order chi connectivity index (χ1) is 12.5. The zero-order valence-corrected chi connectivity index (χ0v) is 13.2. The van der Waals surface area contributed by atoms with Crippen molar-refractivity contribution >= 4 is 6.09 Å². The molecule has 2 heterocycles. The molecule has 0 aromatic carbocycles. The zero-order chi connectivity index (χ0) is 20.2. The third-order valence-corrected chi connectivity index (χ3v) is 2.65. The minimum absolute atomic E-state index is 0.107. The maximum absolute atomic E-state index is 12.5. The van der Waals surface area contributed by atoms with Gasteiger partial charge in [0.2, 0.25) is 11.7 Å². The first kappa shape index (κ1) is 20.1. The highest BCUT2D eigenvalue weighted by molar-refractivity contribution is 5.70. The van der Waals surface area contributed by atoms with Crippen LogP contribution >= 0.6 is 0 Å². The van der Waals surface area contributed by atoms with Crippen molar-refractivity contribution in [2.45, 2.75) is 12.4 Å². The van der Waals surface area contributed by atoms with Gasteiger partial charge in [-0.3, -0.25) is 0 Å². The van der Waals surface area contributed by atoms with Crippen LogP contribution in [-0.4, -0.2) is 45.9 Å². The fourth-order valence-electron chi connectivity index (χ4n) is 1.57. The van der Waals surface area contributed by atoms with Crippen molar-refractivity contribution in [2.75, 3.05) is 13.7 Å². The second-order valence-electron chi connectivity index (χ2n) is 4.71. The number of amides is 1.